The lowest BCUT2D eigenvalue weighted by Crippen LogP contribution is -2.56. The maximum Gasteiger partial charge on any atom is 0.341 e. The summed E-state index contributed by atoms with van der Waals surface area (Å²) in [6.07, 6.45) is 3.79. The highest BCUT2D eigenvalue weighted by Gasteiger charge is 2.35. The number of carboxylic acid groups (broad SMARTS) is 1. The Morgan fingerprint density at radius 2 is 2.03 bits per heavy atom. The normalized spacial score (nSPS) is 19.6. The molecule has 4 N–H and O–H groups in total. The lowest BCUT2D eigenvalue weighted by molar-refractivity contribution is -0.123. The topological polar surface area (TPSA) is 148 Å². The molecular formula is C26H34FN5O6. The predicted molar refractivity (Wildman–Crippen MR) is 141 cm³/mol. The number of anilines is 1. The number of aromatic nitrogens is 1. The molecule has 1 aliphatic heterocycles. The van der Waals surface area contributed by atoms with E-state index in [2.05, 4.69) is 10.5 Å². The van der Waals surface area contributed by atoms with E-state index in [0.29, 0.717) is 30.6 Å². The monoisotopic (exact) mass is 531 g/mol. The number of carbonyl (C=O) groups excluding carboxylic acids is 1. The molecule has 38 heavy (non-hydrogen) atoms. The number of amides is 1. The number of ether oxygens (including phenoxy) is 1. The van der Waals surface area contributed by atoms with Gasteiger partial charge in [0.15, 0.2) is 11.6 Å². The molecule has 1 aliphatic carbocycles. The molecule has 2 heterocycles. The number of hydrogen-bond donors (Lipinski definition) is 3. The Balaban J connectivity index is 1.78. The smallest absolute Gasteiger partial charge is 0.341 e. The number of nitrogens with two attached hydrogens (primary N) is 1. The van der Waals surface area contributed by atoms with Crippen LogP contribution in [0.3, 0.4) is 0 Å². The van der Waals surface area contributed by atoms with Gasteiger partial charge >= 0.3 is 5.97 Å². The van der Waals surface area contributed by atoms with Gasteiger partial charge in [-0.25, -0.2) is 9.18 Å². The van der Waals surface area contributed by atoms with Crippen LogP contribution in [0.5, 0.6) is 5.75 Å². The number of piperidine rings is 1. The minimum atomic E-state index is -1.37. The highest BCUT2D eigenvalue weighted by Crippen LogP contribution is 2.44. The van der Waals surface area contributed by atoms with E-state index in [1.165, 1.54) is 20.4 Å². The molecule has 1 saturated heterocycles. The zero-order valence-corrected chi connectivity index (χ0v) is 22.0. The number of nitrogens with zero attached hydrogens (tertiary/aromatic N) is 3. The van der Waals surface area contributed by atoms with E-state index in [4.69, 9.17) is 15.3 Å². The van der Waals surface area contributed by atoms with Crippen LogP contribution in [0.25, 0.3) is 10.9 Å². The Morgan fingerprint density at radius 3 is 2.61 bits per heavy atom. The first kappa shape index (κ1) is 27.4. The zero-order chi connectivity index (χ0) is 27.7. The molecular weight excluding hydrogens is 497 g/mol. The molecule has 0 bridgehead atoms. The largest absolute Gasteiger partial charge is 0.492 e. The van der Waals surface area contributed by atoms with Crippen molar-refractivity contribution in [3.63, 3.8) is 0 Å². The number of oxime groups is 1. The second kappa shape index (κ2) is 11.0. The number of methoxy groups -OCH3 is 1. The number of aromatic carboxylic acids is 1. The Bertz CT molecular complexity index is 1340. The summed E-state index contributed by atoms with van der Waals surface area (Å²) in [5.41, 5.74) is 5.95. The first-order chi connectivity index (χ1) is 18.1. The van der Waals surface area contributed by atoms with Crippen LogP contribution in [0, 0.1) is 11.7 Å². The first-order valence-corrected chi connectivity index (χ1v) is 12.7. The van der Waals surface area contributed by atoms with Crippen molar-refractivity contribution in [1.82, 2.24) is 9.88 Å². The molecule has 1 aromatic heterocycles. The van der Waals surface area contributed by atoms with E-state index < -0.39 is 34.9 Å². The molecule has 2 atom stereocenters. The summed E-state index contributed by atoms with van der Waals surface area (Å²) in [4.78, 5) is 44.2. The molecule has 2 fully saturated rings. The number of benzene rings is 1. The van der Waals surface area contributed by atoms with Gasteiger partial charge in [0.2, 0.25) is 11.3 Å². The Morgan fingerprint density at radius 1 is 1.32 bits per heavy atom. The standard InChI is InChI=1S/C26H34FN5O6/c1-13(2)9-18(28)25(34)29-20-12-31(8-7-19(20)30-38-4)22-17(27)10-15-21(24(22)37-3)32(14-5-6-14)11-16(23(15)33)26(35)36/h10-11,13-14,18,20H,5-9,12,28H2,1-4H3,(H,29,34)(H,35,36)/b30-19+/t18-,20?/m0/s1. The Labute approximate surface area is 219 Å². The highest BCUT2D eigenvalue weighted by molar-refractivity contribution is 5.99. The quantitative estimate of drug-likeness (QED) is 0.417. The molecule has 2 aromatic rings. The van der Waals surface area contributed by atoms with Crippen LogP contribution in [0.15, 0.2) is 22.2 Å². The van der Waals surface area contributed by atoms with E-state index in [9.17, 15) is 19.5 Å². The van der Waals surface area contributed by atoms with Gasteiger partial charge in [-0.2, -0.15) is 0 Å². The third-order valence-electron chi connectivity index (χ3n) is 6.92. The highest BCUT2D eigenvalue weighted by atomic mass is 19.1. The van der Waals surface area contributed by atoms with Gasteiger partial charge in [0, 0.05) is 31.7 Å². The average Bonchev–Trinajstić information content (AvgIpc) is 3.70. The summed E-state index contributed by atoms with van der Waals surface area (Å²) in [7, 11) is 2.80. The molecule has 12 heteroatoms. The number of carbonyl (C=O) groups is 2. The number of fused-ring (bicyclic) bond motifs is 1. The summed E-state index contributed by atoms with van der Waals surface area (Å²) in [6.45, 7) is 4.44. The number of hydrogen-bond acceptors (Lipinski definition) is 8. The number of carboxylic acids is 1. The fourth-order valence-corrected chi connectivity index (χ4v) is 5.02. The van der Waals surface area contributed by atoms with Crippen LogP contribution in [0.1, 0.15) is 55.9 Å². The van der Waals surface area contributed by atoms with E-state index in [0.717, 1.165) is 18.9 Å². The second-order valence-corrected chi connectivity index (χ2v) is 10.2. The SMILES string of the molecule is CO/N=C1\CCN(c2c(F)cc3c(=O)c(C(=O)O)cn(C4CC4)c3c2OC)CC1NC(=O)[C@@H](N)CC(C)C. The van der Waals surface area contributed by atoms with Crippen LogP contribution in [0.4, 0.5) is 10.1 Å². The third-order valence-corrected chi connectivity index (χ3v) is 6.92. The van der Waals surface area contributed by atoms with Crippen LogP contribution in [-0.4, -0.2) is 66.7 Å². The van der Waals surface area contributed by atoms with E-state index in [1.807, 2.05) is 13.8 Å². The van der Waals surface area contributed by atoms with Gasteiger partial charge in [0.05, 0.1) is 35.8 Å². The molecule has 4 rings (SSSR count). The van der Waals surface area contributed by atoms with Gasteiger partial charge in [0.1, 0.15) is 18.4 Å². The fraction of sp³-hybridized carbons (Fsp3) is 0.538. The third kappa shape index (κ3) is 5.31. The molecule has 0 radical (unpaired) electrons. The molecule has 206 valence electrons. The summed E-state index contributed by atoms with van der Waals surface area (Å²) < 4.78 is 23.1. The van der Waals surface area contributed by atoms with Gasteiger partial charge in [-0.15, -0.1) is 0 Å². The Kier molecular flexibility index (Phi) is 7.91. The molecule has 1 unspecified atom stereocenters. The number of pyridine rings is 1. The van der Waals surface area contributed by atoms with Crippen LogP contribution < -0.4 is 26.1 Å². The van der Waals surface area contributed by atoms with Crippen molar-refractivity contribution in [3.05, 3.63) is 33.9 Å². The van der Waals surface area contributed by atoms with Crippen molar-refractivity contribution in [2.45, 2.75) is 57.7 Å². The first-order valence-electron chi connectivity index (χ1n) is 12.7. The molecule has 1 aromatic carbocycles. The maximum absolute atomic E-state index is 15.7. The summed E-state index contributed by atoms with van der Waals surface area (Å²) in [5, 5.41) is 16.5. The predicted octanol–water partition coefficient (Wildman–Crippen LogP) is 2.25. The van der Waals surface area contributed by atoms with Gasteiger partial charge in [0.25, 0.3) is 0 Å². The summed E-state index contributed by atoms with van der Waals surface area (Å²) in [5.74, 6) is -2.08. The fourth-order valence-electron chi connectivity index (χ4n) is 5.02. The van der Waals surface area contributed by atoms with Crippen molar-refractivity contribution >= 4 is 34.2 Å². The molecule has 11 nitrogen and oxygen atoms in total. The minimum Gasteiger partial charge on any atom is -0.492 e. The molecule has 1 amide bonds. The lowest BCUT2D eigenvalue weighted by atomic mass is 9.99. The van der Waals surface area contributed by atoms with Gasteiger partial charge in [-0.3, -0.25) is 9.59 Å². The van der Waals surface area contributed by atoms with Crippen molar-refractivity contribution in [2.75, 3.05) is 32.2 Å². The van der Waals surface area contributed by atoms with E-state index >= 15 is 4.39 Å². The van der Waals surface area contributed by atoms with E-state index in [-0.39, 0.29) is 41.2 Å². The second-order valence-electron chi connectivity index (χ2n) is 10.2. The lowest BCUT2D eigenvalue weighted by Gasteiger charge is -2.36. The van der Waals surface area contributed by atoms with Crippen LogP contribution in [-0.2, 0) is 9.63 Å². The van der Waals surface area contributed by atoms with Crippen molar-refractivity contribution in [3.8, 4) is 5.75 Å². The maximum atomic E-state index is 15.7. The molecule has 0 spiro atoms. The van der Waals surface area contributed by atoms with Crippen LogP contribution >= 0.6 is 0 Å². The Hall–Kier alpha value is -3.67. The minimum absolute atomic E-state index is 0.0142. The number of nitrogens with one attached hydrogen (secondary N) is 1. The van der Waals surface area contributed by atoms with Crippen LogP contribution in [0.2, 0.25) is 0 Å². The van der Waals surface area contributed by atoms with Crippen molar-refractivity contribution in [1.29, 1.82) is 0 Å². The summed E-state index contributed by atoms with van der Waals surface area (Å²) in [6, 6.07) is -0.252. The average molecular weight is 532 g/mol. The van der Waals surface area contributed by atoms with Crippen molar-refractivity contribution in [2.24, 2.45) is 16.8 Å². The number of rotatable bonds is 9. The molecule has 1 saturated carbocycles. The van der Waals surface area contributed by atoms with Gasteiger partial charge < -0.3 is 35.2 Å². The van der Waals surface area contributed by atoms with Crippen molar-refractivity contribution < 1.29 is 28.7 Å². The van der Waals surface area contributed by atoms with E-state index in [1.54, 1.807) is 9.47 Å². The number of halogens is 1. The van der Waals surface area contributed by atoms with Gasteiger partial charge in [-0.05, 0) is 31.2 Å². The zero-order valence-electron chi connectivity index (χ0n) is 22.0. The summed E-state index contributed by atoms with van der Waals surface area (Å²) >= 11 is 0. The molecule has 2 aliphatic rings. The van der Waals surface area contributed by atoms with Gasteiger partial charge in [-0.1, -0.05) is 19.0 Å².